The van der Waals surface area contributed by atoms with Crippen LogP contribution in [0.2, 0.25) is 0 Å². The fourth-order valence-corrected chi connectivity index (χ4v) is 3.11. The third kappa shape index (κ3) is 19.8. The third-order valence-corrected chi connectivity index (χ3v) is 5.02. The van der Waals surface area contributed by atoms with Crippen LogP contribution in [0.1, 0.15) is 58.3 Å². The summed E-state index contributed by atoms with van der Waals surface area (Å²) in [6.45, 7) is 2.03. The van der Waals surface area contributed by atoms with E-state index in [0.717, 1.165) is 12.8 Å². The largest absolute Gasteiger partial charge is 0.466 e. The van der Waals surface area contributed by atoms with Gasteiger partial charge in [-0.15, -0.1) is 20.2 Å². The van der Waals surface area contributed by atoms with E-state index in [4.69, 9.17) is 14.2 Å². The minimum atomic E-state index is -0.919. The lowest BCUT2D eigenvalue weighted by Crippen LogP contribution is -2.25. The number of carbonyl (C=O) groups excluding carboxylic acids is 3. The smallest absolute Gasteiger partial charge is 0.367 e. The summed E-state index contributed by atoms with van der Waals surface area (Å²) in [6.07, 6.45) is 3.57. The van der Waals surface area contributed by atoms with Crippen molar-refractivity contribution in [2.24, 2.45) is 5.92 Å². The Kier molecular flexibility index (Phi) is 19.0. The van der Waals surface area contributed by atoms with Crippen molar-refractivity contribution in [1.29, 1.82) is 0 Å². The minimum Gasteiger partial charge on any atom is -0.466 e. The fraction of sp³-hybridized carbons (Fsp3) is 0.842. The molecule has 0 bridgehead atoms. The van der Waals surface area contributed by atoms with E-state index in [-0.39, 0.29) is 45.2 Å². The number of rotatable bonds is 21. The van der Waals surface area contributed by atoms with Crippen molar-refractivity contribution in [3.63, 3.8) is 0 Å². The van der Waals surface area contributed by atoms with Crippen molar-refractivity contribution >= 4 is 29.0 Å². The van der Waals surface area contributed by atoms with E-state index in [0.29, 0.717) is 43.9 Å². The van der Waals surface area contributed by atoms with Gasteiger partial charge in [0, 0.05) is 5.75 Å². The topological polar surface area (TPSA) is 184 Å². The van der Waals surface area contributed by atoms with Gasteiger partial charge in [-0.1, -0.05) is 19.8 Å². The number of nitrogens with zero attached hydrogens (tertiary/aromatic N) is 2. The van der Waals surface area contributed by atoms with Gasteiger partial charge in [-0.05, 0) is 43.9 Å². The number of unbranched alkanes of at least 4 members (excludes halogenated alkanes) is 4. The SMILES string of the molecule is CCCCCOC(=O)C(CSC(=O)OCCCCO[N+](=O)[O-])CC(=O)OCCCCO[N+](=O)[O-]. The first kappa shape index (κ1) is 31.2. The Morgan fingerprint density at radius 1 is 0.765 bits per heavy atom. The second-order valence-corrected chi connectivity index (χ2v) is 7.89. The predicted molar refractivity (Wildman–Crippen MR) is 118 cm³/mol. The zero-order chi connectivity index (χ0) is 25.6. The number of esters is 2. The number of thioether (sulfide) groups is 1. The lowest BCUT2D eigenvalue weighted by atomic mass is 10.1. The standard InChI is InChI=1S/C19H32N2O12S/c1-2-3-4-10-30-18(23)16(14-17(22)29-9-5-7-12-32-20(25)26)15-34-19(24)31-11-6-8-13-33-21(27)28/h16H,2-15H2,1H3. The maximum absolute atomic E-state index is 12.4. The molecule has 15 heteroatoms. The van der Waals surface area contributed by atoms with Crippen molar-refractivity contribution in [3.05, 3.63) is 20.2 Å². The molecule has 0 saturated heterocycles. The Hall–Kier alpha value is -2.84. The predicted octanol–water partition coefficient (Wildman–Crippen LogP) is 3.12. The Morgan fingerprint density at radius 2 is 1.26 bits per heavy atom. The monoisotopic (exact) mass is 512 g/mol. The Morgan fingerprint density at radius 3 is 1.82 bits per heavy atom. The van der Waals surface area contributed by atoms with Crippen LogP contribution < -0.4 is 0 Å². The quantitative estimate of drug-likeness (QED) is 0.0719. The Bertz CT molecular complexity index is 634. The number of hydrogen-bond acceptors (Lipinski definition) is 13. The highest BCUT2D eigenvalue weighted by atomic mass is 32.2. The molecule has 0 spiro atoms. The summed E-state index contributed by atoms with van der Waals surface area (Å²) in [5.41, 5.74) is 0. The van der Waals surface area contributed by atoms with Crippen LogP contribution in [0, 0.1) is 26.1 Å². The van der Waals surface area contributed by atoms with Gasteiger partial charge >= 0.3 is 17.2 Å². The van der Waals surface area contributed by atoms with Gasteiger partial charge in [0.1, 0.15) is 0 Å². The number of carbonyl (C=O) groups is 3. The highest BCUT2D eigenvalue weighted by Crippen LogP contribution is 2.18. The van der Waals surface area contributed by atoms with Crippen LogP contribution in [-0.2, 0) is 33.5 Å². The van der Waals surface area contributed by atoms with Crippen LogP contribution >= 0.6 is 11.8 Å². The molecule has 1 atom stereocenters. The molecule has 0 radical (unpaired) electrons. The van der Waals surface area contributed by atoms with E-state index in [9.17, 15) is 34.6 Å². The van der Waals surface area contributed by atoms with Crippen molar-refractivity contribution in [3.8, 4) is 0 Å². The zero-order valence-corrected chi connectivity index (χ0v) is 20.0. The van der Waals surface area contributed by atoms with Gasteiger partial charge < -0.3 is 23.9 Å². The molecule has 0 aliphatic carbocycles. The average Bonchev–Trinajstić information content (AvgIpc) is 2.78. The second kappa shape index (κ2) is 20.7. The molecule has 0 aliphatic rings. The van der Waals surface area contributed by atoms with Crippen LogP contribution in [0.3, 0.4) is 0 Å². The van der Waals surface area contributed by atoms with E-state index in [1.807, 2.05) is 6.92 Å². The Balaban J connectivity index is 4.40. The molecule has 0 aromatic carbocycles. The molecule has 0 aromatic heterocycles. The molecule has 34 heavy (non-hydrogen) atoms. The molecule has 0 aliphatic heterocycles. The molecular weight excluding hydrogens is 480 g/mol. The van der Waals surface area contributed by atoms with Gasteiger partial charge in [0.25, 0.3) is 10.2 Å². The van der Waals surface area contributed by atoms with E-state index in [2.05, 4.69) is 9.68 Å². The molecule has 196 valence electrons. The number of hydrogen-bond donors (Lipinski definition) is 0. The molecule has 14 nitrogen and oxygen atoms in total. The van der Waals surface area contributed by atoms with Gasteiger partial charge in [0.05, 0.1) is 45.4 Å². The second-order valence-electron chi connectivity index (χ2n) is 6.93. The summed E-state index contributed by atoms with van der Waals surface area (Å²) in [4.78, 5) is 64.7. The maximum Gasteiger partial charge on any atom is 0.367 e. The molecule has 0 saturated carbocycles. The van der Waals surface area contributed by atoms with Crippen molar-refractivity contribution in [1.82, 2.24) is 0 Å². The third-order valence-electron chi connectivity index (χ3n) is 4.09. The molecule has 0 amide bonds. The highest BCUT2D eigenvalue weighted by molar-refractivity contribution is 8.13. The summed E-state index contributed by atoms with van der Waals surface area (Å²) >= 11 is 0.715. The number of ether oxygens (including phenoxy) is 3. The molecule has 0 aromatic rings. The molecule has 0 N–H and O–H groups in total. The summed E-state index contributed by atoms with van der Waals surface area (Å²) in [5, 5.41) is 17.6. The van der Waals surface area contributed by atoms with Crippen LogP contribution in [0.25, 0.3) is 0 Å². The van der Waals surface area contributed by atoms with Gasteiger partial charge in [-0.25, -0.2) is 4.79 Å². The normalized spacial score (nSPS) is 11.2. The minimum absolute atomic E-state index is 0.00746. The van der Waals surface area contributed by atoms with Gasteiger partial charge in [-0.3, -0.25) is 9.59 Å². The van der Waals surface area contributed by atoms with Crippen LogP contribution in [0.4, 0.5) is 4.79 Å². The van der Waals surface area contributed by atoms with E-state index in [1.165, 1.54) is 0 Å². The van der Waals surface area contributed by atoms with E-state index in [1.54, 1.807) is 0 Å². The van der Waals surface area contributed by atoms with E-state index < -0.39 is 33.3 Å². The highest BCUT2D eigenvalue weighted by Gasteiger charge is 2.26. The molecular formula is C19H32N2O12S. The average molecular weight is 513 g/mol. The molecule has 0 rings (SSSR count). The van der Waals surface area contributed by atoms with Crippen LogP contribution in [0.15, 0.2) is 0 Å². The summed E-state index contributed by atoms with van der Waals surface area (Å²) in [5.74, 6) is -2.25. The van der Waals surface area contributed by atoms with Gasteiger partial charge in [-0.2, -0.15) is 0 Å². The Labute approximate surface area is 201 Å². The van der Waals surface area contributed by atoms with E-state index >= 15 is 0 Å². The molecule has 0 heterocycles. The fourth-order valence-electron chi connectivity index (χ4n) is 2.35. The molecule has 0 fully saturated rings. The summed E-state index contributed by atoms with van der Waals surface area (Å²) < 4.78 is 15.2. The lowest BCUT2D eigenvalue weighted by Gasteiger charge is -2.15. The van der Waals surface area contributed by atoms with Gasteiger partial charge in [0.15, 0.2) is 0 Å². The molecule has 1 unspecified atom stereocenters. The summed E-state index contributed by atoms with van der Waals surface area (Å²) in [7, 11) is 0. The summed E-state index contributed by atoms with van der Waals surface area (Å²) in [6, 6.07) is 0. The van der Waals surface area contributed by atoms with Gasteiger partial charge in [0.2, 0.25) is 0 Å². The van der Waals surface area contributed by atoms with Crippen LogP contribution in [0.5, 0.6) is 0 Å². The van der Waals surface area contributed by atoms with Crippen molar-refractivity contribution in [2.75, 3.05) is 38.8 Å². The lowest BCUT2D eigenvalue weighted by molar-refractivity contribution is -0.757. The first-order chi connectivity index (χ1) is 16.3. The first-order valence-electron chi connectivity index (χ1n) is 10.9. The maximum atomic E-state index is 12.4. The first-order valence-corrected chi connectivity index (χ1v) is 11.9. The zero-order valence-electron chi connectivity index (χ0n) is 19.2. The van der Waals surface area contributed by atoms with Crippen molar-refractivity contribution < 1.29 is 48.4 Å². The van der Waals surface area contributed by atoms with Crippen molar-refractivity contribution in [2.45, 2.75) is 58.3 Å². The van der Waals surface area contributed by atoms with Crippen LogP contribution in [-0.4, -0.2) is 66.2 Å².